The molecule has 0 saturated carbocycles. The highest BCUT2D eigenvalue weighted by Gasteiger charge is 2.18. The number of benzene rings is 1. The van der Waals surface area contributed by atoms with Gasteiger partial charge in [-0.1, -0.05) is 23.2 Å². The van der Waals surface area contributed by atoms with E-state index in [4.69, 9.17) is 23.2 Å². The lowest BCUT2D eigenvalue weighted by Crippen LogP contribution is -2.19. The van der Waals surface area contributed by atoms with Gasteiger partial charge in [-0.3, -0.25) is 14.9 Å². The lowest BCUT2D eigenvalue weighted by molar-refractivity contribution is -0.384. The molecule has 0 bridgehead atoms. The number of pyridine rings is 1. The normalized spacial score (nSPS) is 11.2. The van der Waals surface area contributed by atoms with Crippen molar-refractivity contribution in [1.29, 1.82) is 0 Å². The fourth-order valence-electron chi connectivity index (χ4n) is 3.00. The SMILES string of the molecule is O=c1ccc2c(ccn2-c2c(Cl)cc([N+](=O)[O-])cc2Cl)n1Cc1ccsc1. The first kappa shape index (κ1) is 17.8. The molecule has 27 heavy (non-hydrogen) atoms. The summed E-state index contributed by atoms with van der Waals surface area (Å²) in [5.74, 6) is 0. The van der Waals surface area contributed by atoms with Crippen molar-refractivity contribution >= 4 is 51.3 Å². The predicted molar refractivity (Wildman–Crippen MR) is 108 cm³/mol. The third-order valence-electron chi connectivity index (χ3n) is 4.22. The van der Waals surface area contributed by atoms with Gasteiger partial charge < -0.3 is 9.13 Å². The number of rotatable bonds is 4. The molecule has 3 aromatic heterocycles. The van der Waals surface area contributed by atoms with Crippen molar-refractivity contribution in [3.05, 3.63) is 89.4 Å². The van der Waals surface area contributed by atoms with Crippen molar-refractivity contribution in [2.24, 2.45) is 0 Å². The molecule has 0 saturated heterocycles. The molecule has 0 aliphatic carbocycles. The Labute approximate surface area is 167 Å². The summed E-state index contributed by atoms with van der Waals surface area (Å²) in [7, 11) is 0. The van der Waals surface area contributed by atoms with Gasteiger partial charge in [0, 0.05) is 24.4 Å². The Kier molecular flexibility index (Phi) is 4.51. The monoisotopic (exact) mass is 419 g/mol. The minimum absolute atomic E-state index is 0.118. The summed E-state index contributed by atoms with van der Waals surface area (Å²) in [6.45, 7) is 0.450. The van der Waals surface area contributed by atoms with Crippen LogP contribution in [-0.2, 0) is 6.54 Å². The number of aromatic nitrogens is 2. The number of hydrogen-bond acceptors (Lipinski definition) is 4. The van der Waals surface area contributed by atoms with Crippen LogP contribution in [0.5, 0.6) is 0 Å². The van der Waals surface area contributed by atoms with Crippen LogP contribution in [0.4, 0.5) is 5.69 Å². The molecule has 0 unspecified atom stereocenters. The van der Waals surface area contributed by atoms with Crippen LogP contribution in [0.25, 0.3) is 16.7 Å². The number of thiophene rings is 1. The number of nitrogens with zero attached hydrogens (tertiary/aromatic N) is 3. The number of hydrogen-bond donors (Lipinski definition) is 0. The molecule has 0 aliphatic heterocycles. The Morgan fingerprint density at radius 3 is 2.44 bits per heavy atom. The molecule has 4 aromatic rings. The number of nitro groups is 1. The topological polar surface area (TPSA) is 70.1 Å². The molecule has 4 rings (SSSR count). The first-order valence-corrected chi connectivity index (χ1v) is 9.51. The van der Waals surface area contributed by atoms with Crippen LogP contribution in [0.2, 0.25) is 10.0 Å². The van der Waals surface area contributed by atoms with Crippen LogP contribution in [-0.4, -0.2) is 14.1 Å². The molecule has 1 aromatic carbocycles. The molecule has 0 spiro atoms. The maximum absolute atomic E-state index is 12.4. The van der Waals surface area contributed by atoms with Crippen LogP contribution >= 0.6 is 34.5 Å². The molecule has 0 amide bonds. The Morgan fingerprint density at radius 2 is 1.81 bits per heavy atom. The summed E-state index contributed by atoms with van der Waals surface area (Å²) in [6, 6.07) is 9.47. The summed E-state index contributed by atoms with van der Waals surface area (Å²) < 4.78 is 3.40. The molecule has 6 nitrogen and oxygen atoms in total. The molecule has 0 radical (unpaired) electrons. The van der Waals surface area contributed by atoms with Gasteiger partial charge in [0.25, 0.3) is 11.2 Å². The van der Waals surface area contributed by atoms with Crippen LogP contribution in [0.15, 0.2) is 58.1 Å². The molecular weight excluding hydrogens is 409 g/mol. The first-order chi connectivity index (χ1) is 13.0. The molecule has 0 fully saturated rings. The van der Waals surface area contributed by atoms with Gasteiger partial charge in [0.2, 0.25) is 0 Å². The third-order valence-corrected chi connectivity index (χ3v) is 5.53. The van der Waals surface area contributed by atoms with E-state index in [1.54, 1.807) is 38.8 Å². The first-order valence-electron chi connectivity index (χ1n) is 7.81. The van der Waals surface area contributed by atoms with Crippen LogP contribution < -0.4 is 5.56 Å². The zero-order chi connectivity index (χ0) is 19.1. The molecular formula is C18H11Cl2N3O3S. The second-order valence-corrected chi connectivity index (χ2v) is 7.46. The van der Waals surface area contributed by atoms with Crippen LogP contribution in [0, 0.1) is 10.1 Å². The van der Waals surface area contributed by atoms with Crippen LogP contribution in [0.3, 0.4) is 0 Å². The Balaban J connectivity index is 1.90. The molecule has 0 N–H and O–H groups in total. The maximum Gasteiger partial charge on any atom is 0.272 e. The molecule has 136 valence electrons. The van der Waals surface area contributed by atoms with E-state index >= 15 is 0 Å². The van der Waals surface area contributed by atoms with Crippen molar-refractivity contribution in [2.75, 3.05) is 0 Å². The highest BCUT2D eigenvalue weighted by molar-refractivity contribution is 7.07. The van der Waals surface area contributed by atoms with Gasteiger partial charge >= 0.3 is 0 Å². The van der Waals surface area contributed by atoms with Gasteiger partial charge in [-0.15, -0.1) is 0 Å². The standard InChI is InChI=1S/C18H11Cl2N3O3S/c19-13-7-12(23(25)26)8-14(20)18(13)21-5-3-16-15(21)1-2-17(24)22(16)9-11-4-6-27-10-11/h1-8,10H,9H2. The van der Waals surface area contributed by atoms with E-state index in [2.05, 4.69) is 0 Å². The number of non-ortho nitro benzene ring substituents is 1. The van der Waals surface area contributed by atoms with Gasteiger partial charge in [-0.2, -0.15) is 11.3 Å². The highest BCUT2D eigenvalue weighted by Crippen LogP contribution is 2.35. The summed E-state index contributed by atoms with van der Waals surface area (Å²) in [4.78, 5) is 22.8. The van der Waals surface area contributed by atoms with Crippen molar-refractivity contribution in [2.45, 2.75) is 6.54 Å². The number of nitro benzene ring substituents is 1. The number of fused-ring (bicyclic) bond motifs is 1. The fraction of sp³-hybridized carbons (Fsp3) is 0.0556. The van der Waals surface area contributed by atoms with E-state index in [0.29, 0.717) is 12.2 Å². The van der Waals surface area contributed by atoms with Gasteiger partial charge in [0.15, 0.2) is 0 Å². The molecule has 0 atom stereocenters. The van der Waals surface area contributed by atoms with Gasteiger partial charge in [-0.25, -0.2) is 0 Å². The molecule has 3 heterocycles. The van der Waals surface area contributed by atoms with E-state index in [1.807, 2.05) is 16.8 Å². The number of halogens is 2. The lowest BCUT2D eigenvalue weighted by atomic mass is 10.2. The zero-order valence-electron chi connectivity index (χ0n) is 13.6. The average Bonchev–Trinajstić information content (AvgIpc) is 3.27. The van der Waals surface area contributed by atoms with Gasteiger partial charge in [-0.05, 0) is 34.5 Å². The van der Waals surface area contributed by atoms with E-state index in [9.17, 15) is 14.9 Å². The summed E-state index contributed by atoms with van der Waals surface area (Å²) in [5.41, 5.74) is 2.61. The average molecular weight is 420 g/mol. The summed E-state index contributed by atoms with van der Waals surface area (Å²) in [5, 5.41) is 15.3. The summed E-state index contributed by atoms with van der Waals surface area (Å²) >= 11 is 14.1. The zero-order valence-corrected chi connectivity index (χ0v) is 16.0. The van der Waals surface area contributed by atoms with Crippen LogP contribution in [0.1, 0.15) is 5.56 Å². The van der Waals surface area contributed by atoms with E-state index in [-0.39, 0.29) is 21.3 Å². The van der Waals surface area contributed by atoms with Gasteiger partial charge in [0.05, 0.1) is 38.2 Å². The minimum Gasteiger partial charge on any atom is -0.312 e. The quantitative estimate of drug-likeness (QED) is 0.340. The van der Waals surface area contributed by atoms with E-state index in [1.165, 1.54) is 18.2 Å². The predicted octanol–water partition coefficient (Wildman–Crippen LogP) is 5.12. The fourth-order valence-corrected chi connectivity index (χ4v) is 4.32. The smallest absolute Gasteiger partial charge is 0.272 e. The third kappa shape index (κ3) is 3.14. The van der Waals surface area contributed by atoms with E-state index in [0.717, 1.165) is 16.6 Å². The van der Waals surface area contributed by atoms with Crippen molar-refractivity contribution in [1.82, 2.24) is 9.13 Å². The van der Waals surface area contributed by atoms with Crippen molar-refractivity contribution < 1.29 is 4.92 Å². The second kappa shape index (κ2) is 6.84. The largest absolute Gasteiger partial charge is 0.312 e. The molecule has 0 aliphatic rings. The highest BCUT2D eigenvalue weighted by atomic mass is 35.5. The molecule has 9 heteroatoms. The minimum atomic E-state index is -0.548. The Bertz CT molecular complexity index is 1210. The van der Waals surface area contributed by atoms with E-state index < -0.39 is 4.92 Å². The van der Waals surface area contributed by atoms with Gasteiger partial charge in [0.1, 0.15) is 0 Å². The Hall–Kier alpha value is -2.61. The Morgan fingerprint density at radius 1 is 1.07 bits per heavy atom. The summed E-state index contributed by atoms with van der Waals surface area (Å²) in [6.07, 6.45) is 1.74. The lowest BCUT2D eigenvalue weighted by Gasteiger charge is -2.12. The second-order valence-electron chi connectivity index (χ2n) is 5.86. The van der Waals surface area contributed by atoms with Crippen molar-refractivity contribution in [3.63, 3.8) is 0 Å². The van der Waals surface area contributed by atoms with Crippen molar-refractivity contribution in [3.8, 4) is 5.69 Å². The maximum atomic E-state index is 12.4.